The van der Waals surface area contributed by atoms with Gasteiger partial charge in [-0.1, -0.05) is 57.7 Å². The Bertz CT molecular complexity index is 193. The SMILES string of the molecule is CCC(C)(C)C(C)CNSCC=C(C)C. The molecule has 0 spiro atoms. The van der Waals surface area contributed by atoms with Gasteiger partial charge in [-0.2, -0.15) is 0 Å². The summed E-state index contributed by atoms with van der Waals surface area (Å²) < 4.78 is 3.45. The van der Waals surface area contributed by atoms with E-state index < -0.39 is 0 Å². The molecule has 90 valence electrons. The third-order valence-electron chi connectivity index (χ3n) is 3.31. The summed E-state index contributed by atoms with van der Waals surface area (Å²) >= 11 is 1.81. The van der Waals surface area contributed by atoms with Crippen molar-refractivity contribution in [3.63, 3.8) is 0 Å². The molecule has 0 aliphatic heterocycles. The lowest BCUT2D eigenvalue weighted by Gasteiger charge is -2.30. The maximum Gasteiger partial charge on any atom is 0.0261 e. The summed E-state index contributed by atoms with van der Waals surface area (Å²) in [7, 11) is 0. The Hall–Kier alpha value is 0.0500. The van der Waals surface area contributed by atoms with Crippen LogP contribution in [0.2, 0.25) is 0 Å². The Morgan fingerprint density at radius 2 is 2.00 bits per heavy atom. The van der Waals surface area contributed by atoms with Gasteiger partial charge in [-0.15, -0.1) is 0 Å². The fourth-order valence-corrected chi connectivity index (χ4v) is 1.98. The maximum atomic E-state index is 3.45. The van der Waals surface area contributed by atoms with Crippen molar-refractivity contribution < 1.29 is 0 Å². The van der Waals surface area contributed by atoms with E-state index in [1.54, 1.807) is 0 Å². The molecule has 1 atom stereocenters. The minimum absolute atomic E-state index is 0.448. The van der Waals surface area contributed by atoms with Gasteiger partial charge >= 0.3 is 0 Å². The average Bonchev–Trinajstić information content (AvgIpc) is 2.16. The Morgan fingerprint density at radius 3 is 2.47 bits per heavy atom. The largest absolute Gasteiger partial charge is 0.264 e. The smallest absolute Gasteiger partial charge is 0.0261 e. The van der Waals surface area contributed by atoms with Crippen LogP contribution in [0.5, 0.6) is 0 Å². The van der Waals surface area contributed by atoms with E-state index in [1.807, 2.05) is 11.9 Å². The molecule has 0 amide bonds. The van der Waals surface area contributed by atoms with Crippen LogP contribution >= 0.6 is 11.9 Å². The zero-order chi connectivity index (χ0) is 11.9. The highest BCUT2D eigenvalue weighted by molar-refractivity contribution is 7.97. The summed E-state index contributed by atoms with van der Waals surface area (Å²) in [6.07, 6.45) is 3.50. The van der Waals surface area contributed by atoms with Crippen LogP contribution < -0.4 is 4.72 Å². The normalized spacial score (nSPS) is 13.7. The third kappa shape index (κ3) is 7.02. The van der Waals surface area contributed by atoms with E-state index in [0.29, 0.717) is 5.41 Å². The molecule has 0 aromatic rings. The number of hydrogen-bond donors (Lipinski definition) is 1. The van der Waals surface area contributed by atoms with Crippen LogP contribution in [0.3, 0.4) is 0 Å². The number of hydrogen-bond acceptors (Lipinski definition) is 2. The molecule has 0 saturated carbocycles. The van der Waals surface area contributed by atoms with Crippen molar-refractivity contribution in [2.24, 2.45) is 11.3 Å². The first-order chi connectivity index (χ1) is 6.90. The van der Waals surface area contributed by atoms with Crippen LogP contribution in [-0.4, -0.2) is 12.3 Å². The third-order valence-corrected chi connectivity index (χ3v) is 4.02. The van der Waals surface area contributed by atoms with Gasteiger partial charge < -0.3 is 0 Å². The van der Waals surface area contributed by atoms with E-state index in [0.717, 1.165) is 18.2 Å². The van der Waals surface area contributed by atoms with Crippen molar-refractivity contribution in [1.82, 2.24) is 4.72 Å². The van der Waals surface area contributed by atoms with Crippen molar-refractivity contribution >= 4 is 11.9 Å². The van der Waals surface area contributed by atoms with Gasteiger partial charge in [0.05, 0.1) is 0 Å². The molecule has 0 bridgehead atoms. The second-order valence-electron chi connectivity index (χ2n) is 5.18. The zero-order valence-electron chi connectivity index (χ0n) is 11.2. The summed E-state index contributed by atoms with van der Waals surface area (Å²) in [6, 6.07) is 0. The van der Waals surface area contributed by atoms with Gasteiger partial charge in [0, 0.05) is 12.3 Å². The van der Waals surface area contributed by atoms with Gasteiger partial charge in [-0.05, 0) is 25.2 Å². The summed E-state index contributed by atoms with van der Waals surface area (Å²) in [5, 5.41) is 0. The predicted molar refractivity (Wildman–Crippen MR) is 73.1 cm³/mol. The van der Waals surface area contributed by atoms with E-state index in [4.69, 9.17) is 0 Å². The highest BCUT2D eigenvalue weighted by atomic mass is 32.2. The molecule has 0 rings (SSSR count). The van der Waals surface area contributed by atoms with Crippen molar-refractivity contribution in [1.29, 1.82) is 0 Å². The maximum absolute atomic E-state index is 3.45. The molecular formula is C13H27NS. The standard InChI is InChI=1S/C13H27NS/c1-7-13(5,6)12(4)10-14-15-9-8-11(2)3/h8,12,14H,7,9-10H2,1-6H3. The topological polar surface area (TPSA) is 12.0 Å². The van der Waals surface area contributed by atoms with Crippen LogP contribution in [0.15, 0.2) is 11.6 Å². The van der Waals surface area contributed by atoms with Gasteiger partial charge in [-0.25, -0.2) is 0 Å². The van der Waals surface area contributed by atoms with Gasteiger partial charge in [0.1, 0.15) is 0 Å². The lowest BCUT2D eigenvalue weighted by atomic mass is 9.78. The minimum atomic E-state index is 0.448. The lowest BCUT2D eigenvalue weighted by Crippen LogP contribution is -2.28. The van der Waals surface area contributed by atoms with Gasteiger partial charge in [0.15, 0.2) is 0 Å². The molecule has 0 aliphatic rings. The van der Waals surface area contributed by atoms with Crippen LogP contribution in [-0.2, 0) is 0 Å². The van der Waals surface area contributed by atoms with Crippen molar-refractivity contribution in [3.05, 3.63) is 11.6 Å². The summed E-state index contributed by atoms with van der Waals surface area (Å²) in [5.41, 5.74) is 1.84. The Morgan fingerprint density at radius 1 is 1.40 bits per heavy atom. The summed E-state index contributed by atoms with van der Waals surface area (Å²) in [4.78, 5) is 0. The molecule has 15 heavy (non-hydrogen) atoms. The van der Waals surface area contributed by atoms with Gasteiger partial charge in [-0.3, -0.25) is 4.72 Å². The van der Waals surface area contributed by atoms with E-state index in [1.165, 1.54) is 12.0 Å². The fourth-order valence-electron chi connectivity index (χ4n) is 1.08. The van der Waals surface area contributed by atoms with E-state index in [-0.39, 0.29) is 0 Å². The molecule has 1 nitrogen and oxygen atoms in total. The quantitative estimate of drug-likeness (QED) is 0.398. The molecule has 0 fully saturated rings. The Kier molecular flexibility index (Phi) is 7.37. The van der Waals surface area contributed by atoms with Gasteiger partial charge in [0.2, 0.25) is 0 Å². The molecule has 2 heteroatoms. The Labute approximate surface area is 100 Å². The molecule has 0 aliphatic carbocycles. The Balaban J connectivity index is 3.64. The molecular weight excluding hydrogens is 202 g/mol. The second-order valence-corrected chi connectivity index (χ2v) is 6.09. The molecule has 0 radical (unpaired) electrons. The first-order valence-electron chi connectivity index (χ1n) is 5.88. The van der Waals surface area contributed by atoms with Crippen LogP contribution in [0.4, 0.5) is 0 Å². The molecule has 0 aromatic carbocycles. The highest BCUT2D eigenvalue weighted by Crippen LogP contribution is 2.29. The first-order valence-corrected chi connectivity index (χ1v) is 6.86. The monoisotopic (exact) mass is 229 g/mol. The highest BCUT2D eigenvalue weighted by Gasteiger charge is 2.22. The number of rotatable bonds is 7. The predicted octanol–water partition coefficient (Wildman–Crippen LogP) is 4.26. The summed E-state index contributed by atoms with van der Waals surface area (Å²) in [5.74, 6) is 1.79. The molecule has 0 saturated heterocycles. The zero-order valence-corrected chi connectivity index (χ0v) is 12.0. The van der Waals surface area contributed by atoms with Crippen LogP contribution in [0, 0.1) is 11.3 Å². The van der Waals surface area contributed by atoms with Crippen molar-refractivity contribution in [2.45, 2.75) is 48.0 Å². The second kappa shape index (κ2) is 7.34. The lowest BCUT2D eigenvalue weighted by molar-refractivity contribution is 0.224. The van der Waals surface area contributed by atoms with E-state index in [2.05, 4.69) is 52.3 Å². The molecule has 0 aromatic heterocycles. The average molecular weight is 229 g/mol. The van der Waals surface area contributed by atoms with Crippen molar-refractivity contribution in [3.8, 4) is 0 Å². The van der Waals surface area contributed by atoms with Crippen molar-refractivity contribution in [2.75, 3.05) is 12.3 Å². The first kappa shape index (κ1) is 15.0. The van der Waals surface area contributed by atoms with E-state index >= 15 is 0 Å². The van der Waals surface area contributed by atoms with E-state index in [9.17, 15) is 0 Å². The molecule has 1 unspecified atom stereocenters. The minimum Gasteiger partial charge on any atom is -0.264 e. The number of allylic oxidation sites excluding steroid dienone is 1. The number of nitrogens with one attached hydrogen (secondary N) is 1. The van der Waals surface area contributed by atoms with Crippen LogP contribution in [0.1, 0.15) is 48.0 Å². The van der Waals surface area contributed by atoms with Crippen LogP contribution in [0.25, 0.3) is 0 Å². The molecule has 0 heterocycles. The summed E-state index contributed by atoms with van der Waals surface area (Å²) in [6.45, 7) is 14.7. The molecule has 1 N–H and O–H groups in total. The fraction of sp³-hybridized carbons (Fsp3) is 0.846. The van der Waals surface area contributed by atoms with Gasteiger partial charge in [0.25, 0.3) is 0 Å².